The molecule has 1 fully saturated rings. The van der Waals surface area contributed by atoms with Gasteiger partial charge in [-0.05, 0) is 32.4 Å². The fraction of sp³-hybridized carbons (Fsp3) is 0.818. The van der Waals surface area contributed by atoms with Crippen LogP contribution in [0.25, 0.3) is 0 Å². The Hall–Kier alpha value is -1.34. The van der Waals surface area contributed by atoms with Crippen molar-refractivity contribution in [2.45, 2.75) is 18.9 Å². The number of carboxylic acid groups (broad SMARTS) is 1. The van der Waals surface area contributed by atoms with E-state index >= 15 is 0 Å². The zero-order chi connectivity index (χ0) is 13.5. The maximum atomic E-state index is 11.4. The van der Waals surface area contributed by atoms with Crippen LogP contribution in [0.3, 0.4) is 0 Å². The zero-order valence-electron chi connectivity index (χ0n) is 10.6. The van der Waals surface area contributed by atoms with Crippen LogP contribution in [0, 0.1) is 5.92 Å². The maximum absolute atomic E-state index is 11.4. The van der Waals surface area contributed by atoms with E-state index in [0.29, 0.717) is 12.5 Å². The van der Waals surface area contributed by atoms with Gasteiger partial charge in [0.15, 0.2) is 6.04 Å². The van der Waals surface area contributed by atoms with Crippen molar-refractivity contribution in [3.8, 4) is 0 Å². The lowest BCUT2D eigenvalue weighted by Gasteiger charge is -2.29. The highest BCUT2D eigenvalue weighted by Crippen LogP contribution is 2.13. The molecule has 2 atom stereocenters. The summed E-state index contributed by atoms with van der Waals surface area (Å²) in [4.78, 5) is 24.2. The highest BCUT2D eigenvalue weighted by molar-refractivity contribution is 5.82. The third kappa shape index (κ3) is 4.89. The molecule has 7 nitrogen and oxygen atoms in total. The summed E-state index contributed by atoms with van der Waals surface area (Å²) in [6, 6.07) is -1.80. The number of urea groups is 1. The summed E-state index contributed by atoms with van der Waals surface area (Å²) in [5.41, 5.74) is 0. The van der Waals surface area contributed by atoms with Gasteiger partial charge in [-0.25, -0.2) is 9.59 Å². The number of piperidine rings is 1. The van der Waals surface area contributed by atoms with Crippen LogP contribution in [-0.2, 0) is 4.79 Å². The Kier molecular flexibility index (Phi) is 5.87. The highest BCUT2D eigenvalue weighted by Gasteiger charge is 2.20. The number of aliphatic hydroxyl groups excluding tert-OH is 1. The molecule has 0 aromatic rings. The fourth-order valence-electron chi connectivity index (χ4n) is 2.07. The van der Waals surface area contributed by atoms with E-state index in [9.17, 15) is 9.59 Å². The van der Waals surface area contributed by atoms with E-state index in [1.54, 1.807) is 0 Å². The van der Waals surface area contributed by atoms with E-state index in [-0.39, 0.29) is 0 Å². The summed E-state index contributed by atoms with van der Waals surface area (Å²) in [6.07, 6.45) is 2.17. The second-order valence-corrected chi connectivity index (χ2v) is 4.70. The van der Waals surface area contributed by atoms with Crippen LogP contribution in [0.15, 0.2) is 0 Å². The van der Waals surface area contributed by atoms with E-state index in [0.717, 1.165) is 25.9 Å². The number of amides is 2. The quantitative estimate of drug-likeness (QED) is 0.511. The van der Waals surface area contributed by atoms with Crippen LogP contribution < -0.4 is 10.6 Å². The first kappa shape index (κ1) is 14.7. The average Bonchev–Trinajstić information content (AvgIpc) is 2.33. The van der Waals surface area contributed by atoms with Gasteiger partial charge >= 0.3 is 12.0 Å². The summed E-state index contributed by atoms with van der Waals surface area (Å²) in [5.74, 6) is -0.850. The van der Waals surface area contributed by atoms with Gasteiger partial charge in [-0.3, -0.25) is 0 Å². The maximum Gasteiger partial charge on any atom is 0.328 e. The molecular weight excluding hydrogens is 238 g/mol. The van der Waals surface area contributed by atoms with Gasteiger partial charge in [0.2, 0.25) is 0 Å². The molecule has 18 heavy (non-hydrogen) atoms. The number of carboxylic acids is 1. The molecule has 0 radical (unpaired) electrons. The Bertz CT molecular complexity index is 298. The lowest BCUT2D eigenvalue weighted by molar-refractivity contribution is -0.140. The van der Waals surface area contributed by atoms with Crippen LogP contribution in [0.2, 0.25) is 0 Å². The zero-order valence-corrected chi connectivity index (χ0v) is 10.6. The smallest absolute Gasteiger partial charge is 0.328 e. The fourth-order valence-corrected chi connectivity index (χ4v) is 2.07. The number of hydrogen-bond acceptors (Lipinski definition) is 4. The molecule has 4 N–H and O–H groups in total. The van der Waals surface area contributed by atoms with Crippen molar-refractivity contribution in [2.75, 3.05) is 33.3 Å². The van der Waals surface area contributed by atoms with E-state index in [1.165, 1.54) is 0 Å². The molecule has 1 heterocycles. The minimum atomic E-state index is -1.25. The Morgan fingerprint density at radius 1 is 1.50 bits per heavy atom. The van der Waals surface area contributed by atoms with Crippen molar-refractivity contribution in [3.05, 3.63) is 0 Å². The van der Waals surface area contributed by atoms with Gasteiger partial charge in [-0.1, -0.05) is 0 Å². The molecule has 0 aromatic carbocycles. The summed E-state index contributed by atoms with van der Waals surface area (Å²) in [7, 11) is 2.04. The molecule has 0 bridgehead atoms. The lowest BCUT2D eigenvalue weighted by Crippen LogP contribution is -2.49. The molecule has 0 aromatic heterocycles. The van der Waals surface area contributed by atoms with E-state index < -0.39 is 24.6 Å². The van der Waals surface area contributed by atoms with Gasteiger partial charge in [-0.2, -0.15) is 0 Å². The Morgan fingerprint density at radius 2 is 2.22 bits per heavy atom. The SMILES string of the molecule is CN1CCCC(CNC(=O)NC(CO)C(=O)O)C1. The molecule has 2 unspecified atom stereocenters. The number of likely N-dealkylation sites (tertiary alicyclic amines) is 1. The largest absolute Gasteiger partial charge is 0.480 e. The molecule has 1 aliphatic heterocycles. The number of hydrogen-bond donors (Lipinski definition) is 4. The predicted octanol–water partition coefficient (Wildman–Crippen LogP) is -0.927. The Labute approximate surface area is 106 Å². The molecule has 0 aliphatic carbocycles. The highest BCUT2D eigenvalue weighted by atomic mass is 16.4. The average molecular weight is 259 g/mol. The number of carbonyl (C=O) groups excluding carboxylic acids is 1. The second-order valence-electron chi connectivity index (χ2n) is 4.70. The predicted molar refractivity (Wildman–Crippen MR) is 65.3 cm³/mol. The van der Waals surface area contributed by atoms with Gasteiger partial charge in [0.25, 0.3) is 0 Å². The number of carbonyl (C=O) groups is 2. The topological polar surface area (TPSA) is 102 Å². The van der Waals surface area contributed by atoms with Crippen LogP contribution >= 0.6 is 0 Å². The second kappa shape index (κ2) is 7.17. The molecule has 0 spiro atoms. The van der Waals surface area contributed by atoms with Crippen LogP contribution in [0.4, 0.5) is 4.79 Å². The number of rotatable bonds is 5. The number of nitrogens with zero attached hydrogens (tertiary/aromatic N) is 1. The Balaban J connectivity index is 2.25. The third-order valence-electron chi connectivity index (χ3n) is 3.06. The molecule has 0 saturated carbocycles. The van der Waals surface area contributed by atoms with Crippen molar-refractivity contribution in [2.24, 2.45) is 5.92 Å². The van der Waals surface area contributed by atoms with E-state index in [2.05, 4.69) is 15.5 Å². The number of aliphatic carboxylic acids is 1. The van der Waals surface area contributed by atoms with Gasteiger partial charge in [0, 0.05) is 13.1 Å². The van der Waals surface area contributed by atoms with Gasteiger partial charge in [0.05, 0.1) is 6.61 Å². The summed E-state index contributed by atoms with van der Waals surface area (Å²) in [6.45, 7) is 1.92. The van der Waals surface area contributed by atoms with Gasteiger partial charge < -0.3 is 25.7 Å². The molecule has 104 valence electrons. The third-order valence-corrected chi connectivity index (χ3v) is 3.06. The van der Waals surface area contributed by atoms with Crippen LogP contribution in [0.5, 0.6) is 0 Å². The Morgan fingerprint density at radius 3 is 2.78 bits per heavy atom. The van der Waals surface area contributed by atoms with Gasteiger partial charge in [-0.15, -0.1) is 0 Å². The summed E-state index contributed by atoms with van der Waals surface area (Å²) >= 11 is 0. The van der Waals surface area contributed by atoms with Crippen molar-refractivity contribution in [1.82, 2.24) is 15.5 Å². The van der Waals surface area contributed by atoms with Crippen LogP contribution in [-0.4, -0.2) is 66.4 Å². The van der Waals surface area contributed by atoms with Gasteiger partial charge in [0.1, 0.15) is 0 Å². The van der Waals surface area contributed by atoms with Crippen molar-refractivity contribution in [1.29, 1.82) is 0 Å². The van der Waals surface area contributed by atoms with Crippen molar-refractivity contribution >= 4 is 12.0 Å². The standard InChI is InChI=1S/C11H21N3O4/c1-14-4-2-3-8(6-14)5-12-11(18)13-9(7-15)10(16)17/h8-9,15H,2-7H2,1H3,(H,16,17)(H2,12,13,18). The first-order valence-corrected chi connectivity index (χ1v) is 6.09. The first-order chi connectivity index (χ1) is 8.52. The molecule has 1 rings (SSSR count). The molecule has 2 amide bonds. The first-order valence-electron chi connectivity index (χ1n) is 6.09. The molecule has 1 saturated heterocycles. The molecule has 1 aliphatic rings. The van der Waals surface area contributed by atoms with E-state index in [4.69, 9.17) is 10.2 Å². The molecule has 7 heteroatoms. The number of nitrogens with one attached hydrogen (secondary N) is 2. The molecular formula is C11H21N3O4. The number of aliphatic hydroxyl groups is 1. The normalized spacial score (nSPS) is 22.2. The monoisotopic (exact) mass is 259 g/mol. The summed E-state index contributed by atoms with van der Waals surface area (Å²) < 4.78 is 0. The van der Waals surface area contributed by atoms with Crippen molar-refractivity contribution < 1.29 is 19.8 Å². The van der Waals surface area contributed by atoms with Crippen molar-refractivity contribution in [3.63, 3.8) is 0 Å². The van der Waals surface area contributed by atoms with E-state index in [1.807, 2.05) is 7.05 Å². The summed E-state index contributed by atoms with van der Waals surface area (Å²) in [5, 5.41) is 22.3. The minimum Gasteiger partial charge on any atom is -0.480 e. The van der Waals surface area contributed by atoms with Crippen LogP contribution in [0.1, 0.15) is 12.8 Å². The lowest BCUT2D eigenvalue weighted by atomic mass is 9.99. The minimum absolute atomic E-state index is 0.395.